The Labute approximate surface area is 198 Å². The average molecular weight is 465 g/mol. The number of hydrogen-bond acceptors (Lipinski definition) is 7. The first-order chi connectivity index (χ1) is 16.5. The van der Waals surface area contributed by atoms with Crippen molar-refractivity contribution in [1.82, 2.24) is 14.9 Å². The van der Waals surface area contributed by atoms with Crippen LogP contribution in [0.4, 0.5) is 33.2 Å². The molecule has 0 aliphatic heterocycles. The number of rotatable bonds is 12. The summed E-state index contributed by atoms with van der Waals surface area (Å²) in [5, 5.41) is 8.65. The Morgan fingerprint density at radius 2 is 1.79 bits per heavy atom. The zero-order valence-electron chi connectivity index (χ0n) is 19.3. The lowest BCUT2D eigenvalue weighted by atomic mass is 10.2. The molecule has 2 aromatic carbocycles. The van der Waals surface area contributed by atoms with Crippen LogP contribution in [0.15, 0.2) is 67.4 Å². The van der Waals surface area contributed by atoms with Gasteiger partial charge in [0.1, 0.15) is 12.4 Å². The number of carbonyl (C=O) groups is 1. The molecule has 0 saturated heterocycles. The average Bonchev–Trinajstić information content (AvgIpc) is 2.84. The quantitative estimate of drug-likeness (QED) is 0.327. The maximum Gasteiger partial charge on any atom is 0.247 e. The van der Waals surface area contributed by atoms with E-state index in [1.165, 1.54) is 6.08 Å². The molecule has 3 aromatic rings. The maximum absolute atomic E-state index is 14.4. The van der Waals surface area contributed by atoms with Crippen LogP contribution in [0, 0.1) is 5.82 Å². The van der Waals surface area contributed by atoms with Crippen LogP contribution in [0.3, 0.4) is 0 Å². The third-order valence-corrected chi connectivity index (χ3v) is 4.98. The molecule has 0 spiro atoms. The second-order valence-electron chi connectivity index (χ2n) is 7.32. The highest BCUT2D eigenvalue weighted by atomic mass is 19.1. The fraction of sp³-hybridized carbons (Fsp3) is 0.240. The van der Waals surface area contributed by atoms with Crippen molar-refractivity contribution in [2.75, 3.05) is 42.2 Å². The van der Waals surface area contributed by atoms with Gasteiger partial charge in [-0.05, 0) is 49.5 Å². The number of nitrogens with zero attached hydrogens (tertiary/aromatic N) is 3. The maximum atomic E-state index is 14.4. The van der Waals surface area contributed by atoms with Crippen LogP contribution >= 0.6 is 0 Å². The molecule has 1 aromatic heterocycles. The Hall–Kier alpha value is -3.98. The van der Waals surface area contributed by atoms with Crippen molar-refractivity contribution in [3.63, 3.8) is 0 Å². The van der Waals surface area contributed by atoms with E-state index in [1.807, 2.05) is 24.3 Å². The number of carbonyl (C=O) groups excluding carboxylic acids is 1. The van der Waals surface area contributed by atoms with Crippen molar-refractivity contribution < 1.29 is 13.9 Å². The van der Waals surface area contributed by atoms with E-state index < -0.39 is 5.82 Å². The Morgan fingerprint density at radius 1 is 1.09 bits per heavy atom. The Balaban J connectivity index is 1.67. The first-order valence-electron chi connectivity index (χ1n) is 11.1. The van der Waals surface area contributed by atoms with Crippen molar-refractivity contribution in [2.45, 2.75) is 13.8 Å². The van der Waals surface area contributed by atoms with Gasteiger partial charge in [0, 0.05) is 29.7 Å². The van der Waals surface area contributed by atoms with Gasteiger partial charge in [-0.15, -0.1) is 0 Å². The van der Waals surface area contributed by atoms with E-state index in [0.29, 0.717) is 23.7 Å². The normalized spacial score (nSPS) is 10.6. The van der Waals surface area contributed by atoms with Gasteiger partial charge in [-0.1, -0.05) is 32.6 Å². The predicted molar refractivity (Wildman–Crippen MR) is 134 cm³/mol. The lowest BCUT2D eigenvalue weighted by Gasteiger charge is -2.18. The second-order valence-corrected chi connectivity index (χ2v) is 7.32. The zero-order chi connectivity index (χ0) is 24.3. The van der Waals surface area contributed by atoms with Crippen LogP contribution in [0.25, 0.3) is 0 Å². The highest BCUT2D eigenvalue weighted by Gasteiger charge is 2.09. The molecule has 8 nitrogen and oxygen atoms in total. The Kier molecular flexibility index (Phi) is 8.93. The molecule has 3 N–H and O–H groups in total. The first kappa shape index (κ1) is 24.7. The molecule has 0 atom stereocenters. The fourth-order valence-electron chi connectivity index (χ4n) is 3.14. The van der Waals surface area contributed by atoms with Gasteiger partial charge in [-0.3, -0.25) is 4.79 Å². The summed E-state index contributed by atoms with van der Waals surface area (Å²) in [5.74, 6) is -0.0108. The monoisotopic (exact) mass is 464 g/mol. The predicted octanol–water partition coefficient (Wildman–Crippen LogP) is 4.95. The number of anilines is 5. The molecule has 0 aliphatic rings. The van der Waals surface area contributed by atoms with Crippen LogP contribution in [0.1, 0.15) is 13.8 Å². The van der Waals surface area contributed by atoms with Crippen LogP contribution in [0.2, 0.25) is 0 Å². The minimum absolute atomic E-state index is 0.00340. The van der Waals surface area contributed by atoms with E-state index in [2.05, 4.69) is 51.2 Å². The van der Waals surface area contributed by atoms with Gasteiger partial charge in [-0.25, -0.2) is 9.37 Å². The minimum atomic E-state index is -0.612. The molecule has 1 heterocycles. The van der Waals surface area contributed by atoms with Gasteiger partial charge in [0.2, 0.25) is 11.9 Å². The van der Waals surface area contributed by atoms with E-state index in [0.717, 1.165) is 31.6 Å². The number of likely N-dealkylation sites (N-methyl/N-ethyl adjacent to an activating group) is 1. The SMILES string of the molecule is C=CC(=O)Nc1cccc(Nc2nc(Nc3cccc(OCCN(CC)CC)c3)ncc2F)c1. The second kappa shape index (κ2) is 12.3. The number of aromatic nitrogens is 2. The molecule has 0 unspecified atom stereocenters. The van der Waals surface area contributed by atoms with Gasteiger partial charge >= 0.3 is 0 Å². The van der Waals surface area contributed by atoms with E-state index in [1.54, 1.807) is 24.3 Å². The van der Waals surface area contributed by atoms with Crippen molar-refractivity contribution in [1.29, 1.82) is 0 Å². The third kappa shape index (κ3) is 7.28. The van der Waals surface area contributed by atoms with E-state index in [4.69, 9.17) is 4.74 Å². The Bertz CT molecular complexity index is 1120. The molecule has 1 amide bonds. The number of nitrogens with one attached hydrogen (secondary N) is 3. The summed E-state index contributed by atoms with van der Waals surface area (Å²) in [6, 6.07) is 14.3. The standard InChI is InChI=1S/C25H29FN6O2/c1-4-23(33)28-18-9-7-10-19(15-18)29-24-22(26)17-27-25(31-24)30-20-11-8-12-21(16-20)34-14-13-32(5-2)6-3/h4,7-12,15-17H,1,5-6,13-14H2,2-3H3,(H,28,33)(H2,27,29,30,31). The lowest BCUT2D eigenvalue weighted by Crippen LogP contribution is -2.27. The molecular weight excluding hydrogens is 435 g/mol. The van der Waals surface area contributed by atoms with Gasteiger partial charge < -0.3 is 25.6 Å². The number of amides is 1. The molecule has 0 fully saturated rings. The largest absolute Gasteiger partial charge is 0.492 e. The Morgan fingerprint density at radius 3 is 2.53 bits per heavy atom. The van der Waals surface area contributed by atoms with Gasteiger partial charge in [-0.2, -0.15) is 4.98 Å². The number of halogens is 1. The third-order valence-electron chi connectivity index (χ3n) is 4.98. The highest BCUT2D eigenvalue weighted by Crippen LogP contribution is 2.24. The van der Waals surface area contributed by atoms with Crippen molar-refractivity contribution in [3.8, 4) is 5.75 Å². The van der Waals surface area contributed by atoms with Crippen LogP contribution in [0.5, 0.6) is 5.75 Å². The molecule has 34 heavy (non-hydrogen) atoms. The van der Waals surface area contributed by atoms with E-state index >= 15 is 0 Å². The van der Waals surface area contributed by atoms with Crippen molar-refractivity contribution >= 4 is 34.7 Å². The molecule has 0 aliphatic carbocycles. The molecule has 178 valence electrons. The molecule has 0 radical (unpaired) electrons. The summed E-state index contributed by atoms with van der Waals surface area (Å²) in [4.78, 5) is 22.1. The summed E-state index contributed by atoms with van der Waals surface area (Å²) in [6.07, 6.45) is 2.26. The van der Waals surface area contributed by atoms with Crippen molar-refractivity contribution in [2.24, 2.45) is 0 Å². The number of benzene rings is 2. The molecular formula is C25H29FN6O2. The summed E-state index contributed by atoms with van der Waals surface area (Å²) in [5.41, 5.74) is 1.81. The summed E-state index contributed by atoms with van der Waals surface area (Å²) >= 11 is 0. The fourth-order valence-corrected chi connectivity index (χ4v) is 3.14. The van der Waals surface area contributed by atoms with Gasteiger partial charge in [0.05, 0.1) is 6.20 Å². The van der Waals surface area contributed by atoms with Crippen molar-refractivity contribution in [3.05, 3.63) is 73.2 Å². The first-order valence-corrected chi connectivity index (χ1v) is 11.1. The summed E-state index contributed by atoms with van der Waals surface area (Å²) in [7, 11) is 0. The summed E-state index contributed by atoms with van der Waals surface area (Å²) < 4.78 is 20.2. The van der Waals surface area contributed by atoms with Crippen LogP contribution < -0.4 is 20.7 Å². The van der Waals surface area contributed by atoms with E-state index in [9.17, 15) is 9.18 Å². The number of hydrogen-bond donors (Lipinski definition) is 3. The zero-order valence-corrected chi connectivity index (χ0v) is 19.3. The topological polar surface area (TPSA) is 91.4 Å². The van der Waals surface area contributed by atoms with Gasteiger partial charge in [0.15, 0.2) is 11.6 Å². The molecule has 0 bridgehead atoms. The molecule has 0 saturated carbocycles. The minimum Gasteiger partial charge on any atom is -0.492 e. The van der Waals surface area contributed by atoms with Crippen LogP contribution in [-0.4, -0.2) is 47.0 Å². The summed E-state index contributed by atoms with van der Waals surface area (Å²) in [6.45, 7) is 11.1. The number of ether oxygens (including phenoxy) is 1. The van der Waals surface area contributed by atoms with Crippen LogP contribution in [-0.2, 0) is 4.79 Å². The lowest BCUT2D eigenvalue weighted by molar-refractivity contribution is -0.111. The molecule has 3 rings (SSSR count). The van der Waals surface area contributed by atoms with Gasteiger partial charge in [0.25, 0.3) is 0 Å². The smallest absolute Gasteiger partial charge is 0.247 e. The highest BCUT2D eigenvalue weighted by molar-refractivity contribution is 5.99. The van der Waals surface area contributed by atoms with E-state index in [-0.39, 0.29) is 17.7 Å². The molecule has 9 heteroatoms.